The van der Waals surface area contributed by atoms with Gasteiger partial charge in [0.2, 0.25) is 11.8 Å². The fraction of sp³-hybridized carbons (Fsp3) is 0.323. The van der Waals surface area contributed by atoms with E-state index in [1.807, 2.05) is 64.1 Å². The SMILES string of the molecule is Cc1ccc2c(c1)N(CC(=O)NC(C)(C)C)C(=O)[C@H](NC(=O)Nc1cccc(Cl)c1)C[C@@H]2Cc1ccccc1. The second-order valence-electron chi connectivity index (χ2n) is 11.1. The van der Waals surface area contributed by atoms with E-state index in [0.717, 1.165) is 16.7 Å². The minimum absolute atomic E-state index is 0.0703. The van der Waals surface area contributed by atoms with Crippen molar-refractivity contribution in [3.05, 3.63) is 94.5 Å². The molecule has 0 saturated heterocycles. The first-order chi connectivity index (χ1) is 18.5. The lowest BCUT2D eigenvalue weighted by atomic mass is 9.86. The number of carbonyl (C=O) groups is 3. The van der Waals surface area contributed by atoms with Crippen LogP contribution in [0.4, 0.5) is 16.2 Å². The monoisotopic (exact) mass is 546 g/mol. The average Bonchev–Trinajstić information content (AvgIpc) is 2.94. The number of amides is 4. The van der Waals surface area contributed by atoms with Crippen LogP contribution >= 0.6 is 11.6 Å². The van der Waals surface area contributed by atoms with Crippen molar-refractivity contribution in [1.29, 1.82) is 0 Å². The Hall–Kier alpha value is -3.84. The number of rotatable bonds is 6. The number of carbonyl (C=O) groups excluding carboxylic acids is 3. The molecule has 4 rings (SSSR count). The van der Waals surface area contributed by atoms with Gasteiger partial charge in [-0.25, -0.2) is 4.79 Å². The zero-order chi connectivity index (χ0) is 28.2. The Balaban J connectivity index is 1.69. The number of anilines is 2. The van der Waals surface area contributed by atoms with E-state index in [9.17, 15) is 14.4 Å². The summed E-state index contributed by atoms with van der Waals surface area (Å²) in [4.78, 5) is 41.6. The summed E-state index contributed by atoms with van der Waals surface area (Å²) < 4.78 is 0. The lowest BCUT2D eigenvalue weighted by Crippen LogP contribution is -2.53. The highest BCUT2D eigenvalue weighted by Crippen LogP contribution is 2.38. The molecule has 0 fully saturated rings. The molecule has 0 bridgehead atoms. The number of fused-ring (bicyclic) bond motifs is 1. The molecular weight excluding hydrogens is 512 g/mol. The van der Waals surface area contributed by atoms with E-state index in [4.69, 9.17) is 11.6 Å². The largest absolute Gasteiger partial charge is 0.350 e. The van der Waals surface area contributed by atoms with Crippen LogP contribution in [0.15, 0.2) is 72.8 Å². The van der Waals surface area contributed by atoms with E-state index in [0.29, 0.717) is 29.2 Å². The number of hydrogen-bond acceptors (Lipinski definition) is 3. The van der Waals surface area contributed by atoms with Crippen LogP contribution < -0.4 is 20.9 Å². The van der Waals surface area contributed by atoms with Gasteiger partial charge in [0.25, 0.3) is 0 Å². The number of urea groups is 1. The Labute approximate surface area is 234 Å². The lowest BCUT2D eigenvalue weighted by molar-refractivity contribution is -0.125. The molecule has 1 heterocycles. The Morgan fingerprint density at radius 2 is 1.74 bits per heavy atom. The van der Waals surface area contributed by atoms with E-state index >= 15 is 0 Å². The molecule has 1 aliphatic heterocycles. The van der Waals surface area contributed by atoms with Crippen molar-refractivity contribution in [2.24, 2.45) is 0 Å². The molecule has 8 heteroatoms. The molecule has 39 heavy (non-hydrogen) atoms. The van der Waals surface area contributed by atoms with Crippen molar-refractivity contribution in [1.82, 2.24) is 10.6 Å². The third-order valence-electron chi connectivity index (χ3n) is 6.53. The summed E-state index contributed by atoms with van der Waals surface area (Å²) in [5.74, 6) is -0.672. The van der Waals surface area contributed by atoms with Crippen LogP contribution in [0.5, 0.6) is 0 Å². The van der Waals surface area contributed by atoms with E-state index in [1.54, 1.807) is 24.3 Å². The number of hydrogen-bond donors (Lipinski definition) is 3. The fourth-order valence-electron chi connectivity index (χ4n) is 4.92. The molecule has 3 N–H and O–H groups in total. The molecular formula is C31H35ClN4O3. The fourth-order valence-corrected chi connectivity index (χ4v) is 5.11. The highest BCUT2D eigenvalue weighted by atomic mass is 35.5. The second-order valence-corrected chi connectivity index (χ2v) is 11.5. The Morgan fingerprint density at radius 3 is 2.44 bits per heavy atom. The summed E-state index contributed by atoms with van der Waals surface area (Å²) in [6.45, 7) is 7.50. The summed E-state index contributed by atoms with van der Waals surface area (Å²) in [7, 11) is 0. The highest BCUT2D eigenvalue weighted by molar-refractivity contribution is 6.30. The Bertz CT molecular complexity index is 1350. The molecule has 0 unspecified atom stereocenters. The Kier molecular flexibility index (Phi) is 8.60. The van der Waals surface area contributed by atoms with E-state index in [1.165, 1.54) is 4.90 Å². The molecule has 3 aromatic rings. The van der Waals surface area contributed by atoms with Crippen molar-refractivity contribution >= 4 is 40.8 Å². The van der Waals surface area contributed by atoms with Gasteiger partial charge in [0.05, 0.1) is 0 Å². The first kappa shape index (κ1) is 28.2. The molecule has 7 nitrogen and oxygen atoms in total. The van der Waals surface area contributed by atoms with Gasteiger partial charge in [-0.2, -0.15) is 0 Å². The van der Waals surface area contributed by atoms with Crippen molar-refractivity contribution < 1.29 is 14.4 Å². The number of halogens is 1. The van der Waals surface area contributed by atoms with Crippen LogP contribution in [0.3, 0.4) is 0 Å². The van der Waals surface area contributed by atoms with Gasteiger partial charge in [-0.3, -0.25) is 9.59 Å². The average molecular weight is 547 g/mol. The summed E-state index contributed by atoms with van der Waals surface area (Å²) >= 11 is 6.07. The molecule has 204 valence electrons. The van der Waals surface area contributed by atoms with E-state index in [-0.39, 0.29) is 24.3 Å². The maximum absolute atomic E-state index is 14.0. The molecule has 1 aliphatic rings. The van der Waals surface area contributed by atoms with Gasteiger partial charge >= 0.3 is 6.03 Å². The van der Waals surface area contributed by atoms with Gasteiger partial charge in [-0.15, -0.1) is 0 Å². The van der Waals surface area contributed by atoms with Gasteiger partial charge in [-0.05, 0) is 87.4 Å². The zero-order valence-electron chi connectivity index (χ0n) is 22.8. The first-order valence-electron chi connectivity index (χ1n) is 13.1. The number of nitrogens with zero attached hydrogens (tertiary/aromatic N) is 1. The van der Waals surface area contributed by atoms with Crippen molar-refractivity contribution in [2.75, 3.05) is 16.8 Å². The van der Waals surface area contributed by atoms with Crippen molar-refractivity contribution in [2.45, 2.75) is 58.0 Å². The zero-order valence-corrected chi connectivity index (χ0v) is 23.5. The highest BCUT2D eigenvalue weighted by Gasteiger charge is 2.37. The van der Waals surface area contributed by atoms with Gasteiger partial charge in [0.15, 0.2) is 0 Å². The standard InChI is InChI=1S/C31H35ClN4O3/c1-20-13-14-25-22(16-21-9-6-5-7-10-21)17-26(34-30(39)33-24-12-8-11-23(32)18-24)29(38)36(27(25)15-20)19-28(37)35-31(2,3)4/h5-15,18,22,26H,16-17,19H2,1-4H3,(H,35,37)(H2,33,34,39)/t22-,26+/m0/s1. The predicted molar refractivity (Wildman–Crippen MR) is 156 cm³/mol. The molecule has 3 aromatic carbocycles. The quantitative estimate of drug-likeness (QED) is 0.364. The van der Waals surface area contributed by atoms with E-state index in [2.05, 4.69) is 28.1 Å². The molecule has 0 spiro atoms. The summed E-state index contributed by atoms with van der Waals surface area (Å²) in [6, 6.07) is 21.5. The van der Waals surface area contributed by atoms with Gasteiger partial charge in [0.1, 0.15) is 12.6 Å². The smallest absolute Gasteiger partial charge is 0.319 e. The third-order valence-corrected chi connectivity index (χ3v) is 6.76. The maximum Gasteiger partial charge on any atom is 0.319 e. The third kappa shape index (κ3) is 7.60. The molecule has 0 saturated carbocycles. The molecule has 0 aliphatic carbocycles. The maximum atomic E-state index is 14.0. The van der Waals surface area contributed by atoms with Crippen molar-refractivity contribution in [3.8, 4) is 0 Å². The summed E-state index contributed by atoms with van der Waals surface area (Å²) in [5, 5.41) is 9.09. The lowest BCUT2D eigenvalue weighted by Gasteiger charge is -2.28. The van der Waals surface area contributed by atoms with E-state index < -0.39 is 17.6 Å². The number of benzene rings is 3. The molecule has 4 amide bonds. The van der Waals surface area contributed by atoms with Crippen LogP contribution in [0, 0.1) is 6.92 Å². The van der Waals surface area contributed by atoms with Crippen molar-refractivity contribution in [3.63, 3.8) is 0 Å². The van der Waals surface area contributed by atoms with Crippen LogP contribution in [-0.4, -0.2) is 36.0 Å². The predicted octanol–water partition coefficient (Wildman–Crippen LogP) is 5.82. The van der Waals surface area contributed by atoms with Crippen LogP contribution in [-0.2, 0) is 16.0 Å². The normalized spacial score (nSPS) is 17.2. The minimum Gasteiger partial charge on any atom is -0.350 e. The van der Waals surface area contributed by atoms with Gasteiger partial charge < -0.3 is 20.9 Å². The summed E-state index contributed by atoms with van der Waals surface area (Å²) in [5.41, 5.74) is 3.84. The van der Waals surface area contributed by atoms with Crippen LogP contribution in [0.25, 0.3) is 0 Å². The number of nitrogens with one attached hydrogen (secondary N) is 3. The molecule has 2 atom stereocenters. The van der Waals surface area contributed by atoms with Crippen LogP contribution in [0.2, 0.25) is 5.02 Å². The molecule has 0 radical (unpaired) electrons. The topological polar surface area (TPSA) is 90.5 Å². The Morgan fingerprint density at radius 1 is 1.00 bits per heavy atom. The first-order valence-corrected chi connectivity index (χ1v) is 13.5. The molecule has 0 aromatic heterocycles. The van der Waals surface area contributed by atoms with Crippen LogP contribution in [0.1, 0.15) is 49.8 Å². The second kappa shape index (κ2) is 11.9. The van der Waals surface area contributed by atoms with Gasteiger partial charge in [0, 0.05) is 21.9 Å². The minimum atomic E-state index is -0.854. The number of aryl methyl sites for hydroxylation is 1. The van der Waals surface area contributed by atoms with Gasteiger partial charge in [-0.1, -0.05) is 60.1 Å². The summed E-state index contributed by atoms with van der Waals surface area (Å²) in [6.07, 6.45) is 1.06.